The number of hydrogen-bond acceptors (Lipinski definition) is 4. The minimum atomic E-state index is -5.11. The first-order valence-corrected chi connectivity index (χ1v) is 10.3. The van der Waals surface area contributed by atoms with Crippen LogP contribution in [0.1, 0.15) is 16.8 Å². The van der Waals surface area contributed by atoms with Gasteiger partial charge in [-0.05, 0) is 35.9 Å². The summed E-state index contributed by atoms with van der Waals surface area (Å²) in [5.74, 6) is -0.828. The lowest BCUT2D eigenvalue weighted by atomic mass is 9.82. The molecule has 3 heterocycles. The van der Waals surface area contributed by atoms with Crippen molar-refractivity contribution in [1.29, 1.82) is 0 Å². The Bertz CT molecular complexity index is 1520. The van der Waals surface area contributed by atoms with Crippen LogP contribution in [0, 0.1) is 0 Å². The molecule has 1 amide bonds. The molecule has 0 radical (unpaired) electrons. The van der Waals surface area contributed by atoms with Crippen molar-refractivity contribution in [3.05, 3.63) is 90.0 Å². The lowest BCUT2D eigenvalue weighted by Crippen LogP contribution is -2.44. The number of fused-ring (bicyclic) bond motifs is 2. The number of nitrogens with one attached hydrogen (secondary N) is 1. The van der Waals surface area contributed by atoms with Gasteiger partial charge in [0, 0.05) is 33.7 Å². The van der Waals surface area contributed by atoms with E-state index >= 15 is 0 Å². The fourth-order valence-corrected chi connectivity index (χ4v) is 4.31. The second-order valence-corrected chi connectivity index (χ2v) is 7.92. The number of aromatic nitrogens is 4. The van der Waals surface area contributed by atoms with Crippen molar-refractivity contribution in [3.8, 4) is 5.69 Å². The van der Waals surface area contributed by atoms with E-state index in [0.29, 0.717) is 22.1 Å². The normalized spacial score (nSPS) is 13.9. The smallest absolute Gasteiger partial charge is 0.372 e. The molecule has 172 valence electrons. The van der Waals surface area contributed by atoms with E-state index in [2.05, 4.69) is 15.1 Å². The number of nitrogens with two attached hydrogens (primary N) is 1. The molecule has 1 unspecified atom stereocenters. The molecule has 4 N–H and O–H groups in total. The lowest BCUT2D eigenvalue weighted by Gasteiger charge is -2.32. The summed E-state index contributed by atoms with van der Waals surface area (Å²) < 4.78 is 45.5. The summed E-state index contributed by atoms with van der Waals surface area (Å²) in [5.41, 5.74) is 2.45. The summed E-state index contributed by atoms with van der Waals surface area (Å²) >= 11 is 0. The van der Waals surface area contributed by atoms with Gasteiger partial charge < -0.3 is 15.8 Å². The Kier molecular flexibility index (Phi) is 4.90. The number of aromatic amines is 1. The van der Waals surface area contributed by atoms with Crippen molar-refractivity contribution in [2.24, 2.45) is 5.73 Å². The molecule has 10 heteroatoms. The number of benzene rings is 2. The quantitative estimate of drug-likeness (QED) is 0.367. The molecule has 0 aliphatic heterocycles. The Balaban J connectivity index is 1.75. The first-order chi connectivity index (χ1) is 16.2. The molecule has 3 aromatic heterocycles. The van der Waals surface area contributed by atoms with Gasteiger partial charge in [-0.3, -0.25) is 9.78 Å². The van der Waals surface area contributed by atoms with Crippen LogP contribution in [0.25, 0.3) is 27.5 Å². The fourth-order valence-electron chi connectivity index (χ4n) is 4.31. The number of pyridine rings is 1. The van der Waals surface area contributed by atoms with Crippen LogP contribution in [0.2, 0.25) is 0 Å². The van der Waals surface area contributed by atoms with Gasteiger partial charge in [-0.1, -0.05) is 24.3 Å². The highest BCUT2D eigenvalue weighted by Crippen LogP contribution is 2.48. The molecule has 2 aromatic carbocycles. The number of amides is 1. The maximum Gasteiger partial charge on any atom is 0.425 e. The Labute approximate surface area is 190 Å². The number of carbonyl (C=O) groups excluding carboxylic acids is 1. The zero-order valence-electron chi connectivity index (χ0n) is 17.5. The van der Waals surface area contributed by atoms with Crippen LogP contribution in [0.3, 0.4) is 0 Å². The average molecular weight is 465 g/mol. The van der Waals surface area contributed by atoms with Gasteiger partial charge in [0.15, 0.2) is 0 Å². The average Bonchev–Trinajstić information content (AvgIpc) is 3.38. The zero-order valence-corrected chi connectivity index (χ0v) is 17.5. The van der Waals surface area contributed by atoms with Crippen molar-refractivity contribution >= 4 is 27.7 Å². The van der Waals surface area contributed by atoms with Crippen LogP contribution < -0.4 is 5.73 Å². The summed E-state index contributed by atoms with van der Waals surface area (Å²) in [7, 11) is 0. The van der Waals surface area contributed by atoms with E-state index in [4.69, 9.17) is 5.73 Å². The Morgan fingerprint density at radius 3 is 2.59 bits per heavy atom. The van der Waals surface area contributed by atoms with Gasteiger partial charge in [0.05, 0.1) is 30.0 Å². The summed E-state index contributed by atoms with van der Waals surface area (Å²) in [6.45, 7) is 0. The Morgan fingerprint density at radius 2 is 1.88 bits per heavy atom. The number of hydrogen-bond donors (Lipinski definition) is 3. The van der Waals surface area contributed by atoms with Crippen molar-refractivity contribution in [2.75, 3.05) is 0 Å². The number of para-hydroxylation sites is 1. The van der Waals surface area contributed by atoms with Crippen molar-refractivity contribution in [1.82, 2.24) is 19.7 Å². The number of rotatable bonds is 5. The van der Waals surface area contributed by atoms with E-state index < -0.39 is 35.2 Å². The van der Waals surface area contributed by atoms with Crippen molar-refractivity contribution < 1.29 is 23.1 Å². The van der Waals surface area contributed by atoms with Crippen LogP contribution in [0.4, 0.5) is 13.2 Å². The topological polar surface area (TPSA) is 110 Å². The second-order valence-electron chi connectivity index (χ2n) is 7.92. The molecule has 0 saturated carbocycles. The van der Waals surface area contributed by atoms with Crippen LogP contribution in [0.15, 0.2) is 73.2 Å². The van der Waals surface area contributed by atoms with Gasteiger partial charge in [0.25, 0.3) is 0 Å². The minimum Gasteiger partial charge on any atom is -0.372 e. The Hall–Kier alpha value is -4.18. The maximum absolute atomic E-state index is 14.7. The molecular formula is C24H18F3N5O2. The van der Waals surface area contributed by atoms with Crippen LogP contribution in [-0.4, -0.2) is 36.9 Å². The molecule has 0 bridgehead atoms. The molecule has 0 aliphatic carbocycles. The maximum atomic E-state index is 14.7. The van der Waals surface area contributed by atoms with Gasteiger partial charge in [0.1, 0.15) is 0 Å². The first kappa shape index (κ1) is 21.7. The molecular weight excluding hydrogens is 447 g/mol. The molecule has 5 rings (SSSR count). The van der Waals surface area contributed by atoms with Crippen LogP contribution >= 0.6 is 0 Å². The van der Waals surface area contributed by atoms with Gasteiger partial charge in [-0.25, -0.2) is 4.68 Å². The number of carbonyl (C=O) groups is 1. The number of nitrogens with zero attached hydrogens (tertiary/aromatic N) is 3. The zero-order chi connectivity index (χ0) is 24.1. The number of primary amides is 1. The summed E-state index contributed by atoms with van der Waals surface area (Å²) in [5, 5.41) is 16.2. The third-order valence-electron chi connectivity index (χ3n) is 5.78. The van der Waals surface area contributed by atoms with Gasteiger partial charge in [-0.2, -0.15) is 18.3 Å². The van der Waals surface area contributed by atoms with E-state index in [9.17, 15) is 23.1 Å². The second kappa shape index (κ2) is 7.70. The SMILES string of the molecule is NC(=O)Cc1[nH]c2ccccc2c1C(O)(c1ccc2c(cnn2-c2cccnc2)c1)C(F)(F)F. The standard InChI is InChI=1S/C24H18F3N5O2/c25-24(26,27)23(34,22-17-5-1-2-6-18(17)31-19(22)11-21(28)33)15-7-8-20-14(10-15)12-30-32(20)16-4-3-9-29-13-16/h1-10,12-13,31,34H,11H2,(H2,28,33). The molecule has 0 aliphatic rings. The van der Waals surface area contributed by atoms with E-state index in [1.807, 2.05) is 0 Å². The number of aliphatic hydroxyl groups is 1. The lowest BCUT2D eigenvalue weighted by molar-refractivity contribution is -0.248. The van der Waals surface area contributed by atoms with Crippen LogP contribution in [-0.2, 0) is 16.8 Å². The van der Waals surface area contributed by atoms with Gasteiger partial charge in [0.2, 0.25) is 11.5 Å². The molecule has 34 heavy (non-hydrogen) atoms. The minimum absolute atomic E-state index is 0.0975. The summed E-state index contributed by atoms with van der Waals surface area (Å²) in [6, 6.07) is 13.6. The predicted octanol–water partition coefficient (Wildman–Crippen LogP) is 3.73. The number of halogens is 3. The van der Waals surface area contributed by atoms with E-state index in [-0.39, 0.29) is 11.1 Å². The highest BCUT2D eigenvalue weighted by Gasteiger charge is 2.58. The molecule has 0 spiro atoms. The monoisotopic (exact) mass is 465 g/mol. The van der Waals surface area contributed by atoms with E-state index in [1.54, 1.807) is 47.4 Å². The molecule has 1 atom stereocenters. The number of alkyl halides is 3. The van der Waals surface area contributed by atoms with E-state index in [1.165, 1.54) is 30.5 Å². The Morgan fingerprint density at radius 1 is 1.09 bits per heavy atom. The largest absolute Gasteiger partial charge is 0.425 e. The van der Waals surface area contributed by atoms with Gasteiger partial charge >= 0.3 is 6.18 Å². The first-order valence-electron chi connectivity index (χ1n) is 10.3. The van der Waals surface area contributed by atoms with Crippen LogP contribution in [0.5, 0.6) is 0 Å². The van der Waals surface area contributed by atoms with Gasteiger partial charge in [-0.15, -0.1) is 0 Å². The highest BCUT2D eigenvalue weighted by atomic mass is 19.4. The number of H-pyrrole nitrogens is 1. The van der Waals surface area contributed by atoms with Crippen molar-refractivity contribution in [2.45, 2.75) is 18.2 Å². The third kappa shape index (κ3) is 3.30. The highest BCUT2D eigenvalue weighted by molar-refractivity contribution is 5.89. The third-order valence-corrected chi connectivity index (χ3v) is 5.78. The molecule has 5 aromatic rings. The molecule has 7 nitrogen and oxygen atoms in total. The molecule has 0 fully saturated rings. The predicted molar refractivity (Wildman–Crippen MR) is 119 cm³/mol. The summed E-state index contributed by atoms with van der Waals surface area (Å²) in [6.07, 6.45) is -1.01. The summed E-state index contributed by atoms with van der Waals surface area (Å²) in [4.78, 5) is 18.5. The van der Waals surface area contributed by atoms with E-state index in [0.717, 1.165) is 0 Å². The fraction of sp³-hybridized carbons (Fsp3) is 0.125. The molecule has 0 saturated heterocycles. The van der Waals surface area contributed by atoms with Crippen molar-refractivity contribution in [3.63, 3.8) is 0 Å².